The van der Waals surface area contributed by atoms with Crippen molar-refractivity contribution in [3.05, 3.63) is 80.6 Å². The molecule has 0 bridgehead atoms. The van der Waals surface area contributed by atoms with Crippen molar-refractivity contribution in [2.24, 2.45) is 0 Å². The van der Waals surface area contributed by atoms with Crippen LogP contribution in [-0.2, 0) is 18.9 Å². The number of benzene rings is 1. The molecule has 8 nitrogen and oxygen atoms in total. The number of pyridine rings is 1. The number of alkyl halides is 9. The maximum Gasteiger partial charge on any atom is 0.423 e. The van der Waals surface area contributed by atoms with E-state index in [-0.39, 0.29) is 35.1 Å². The third-order valence-electron chi connectivity index (χ3n) is 6.21. The summed E-state index contributed by atoms with van der Waals surface area (Å²) in [6.45, 7) is -0.212. The summed E-state index contributed by atoms with van der Waals surface area (Å²) in [6.07, 6.45) is -14.1. The summed E-state index contributed by atoms with van der Waals surface area (Å²) in [4.78, 5) is 31.7. The largest absolute Gasteiger partial charge is 0.423 e. The van der Waals surface area contributed by atoms with Crippen molar-refractivity contribution >= 4 is 16.5 Å². The lowest BCUT2D eigenvalue weighted by molar-refractivity contribution is -0.139. The Labute approximate surface area is 233 Å². The van der Waals surface area contributed by atoms with Crippen LogP contribution in [0.2, 0.25) is 0 Å². The first kappa shape index (κ1) is 31.4. The van der Waals surface area contributed by atoms with Crippen LogP contribution >= 0.6 is 0 Å². The number of nitrogens with one attached hydrogen (secondary N) is 2. The first-order valence-corrected chi connectivity index (χ1v) is 12.1. The summed E-state index contributed by atoms with van der Waals surface area (Å²) in [5, 5.41) is 6.88. The van der Waals surface area contributed by atoms with Crippen LogP contribution in [-0.4, -0.2) is 37.0 Å². The van der Waals surface area contributed by atoms with E-state index >= 15 is 0 Å². The number of hydrogen-bond donors (Lipinski definition) is 2. The molecular weight excluding hydrogens is 606 g/mol. The number of aryl methyl sites for hydroxylation is 1. The van der Waals surface area contributed by atoms with Crippen LogP contribution in [0.1, 0.15) is 30.4 Å². The van der Waals surface area contributed by atoms with E-state index in [2.05, 4.69) is 20.4 Å². The molecule has 3 heterocycles. The number of fused-ring (bicyclic) bond motifs is 1. The Bertz CT molecular complexity index is 1730. The second-order valence-electron chi connectivity index (χ2n) is 9.32. The molecule has 0 saturated heterocycles. The van der Waals surface area contributed by atoms with Gasteiger partial charge in [-0.15, -0.1) is 0 Å². The van der Waals surface area contributed by atoms with Gasteiger partial charge in [0.1, 0.15) is 11.4 Å². The van der Waals surface area contributed by atoms with Crippen LogP contribution in [0.15, 0.2) is 52.6 Å². The smallest absolute Gasteiger partial charge is 0.380 e. The zero-order chi connectivity index (χ0) is 31.7. The molecule has 43 heavy (non-hydrogen) atoms. The highest BCUT2D eigenvalue weighted by atomic mass is 19.4. The Morgan fingerprint density at radius 3 is 2.21 bits per heavy atom. The Morgan fingerprint density at radius 1 is 0.930 bits per heavy atom. The molecule has 0 fully saturated rings. The molecule has 0 aliphatic carbocycles. The summed E-state index contributed by atoms with van der Waals surface area (Å²) in [5.74, 6) is -1.40. The molecular formula is C25H18F10N6O2. The number of hydrogen-bond acceptors (Lipinski definition) is 6. The fourth-order valence-electron chi connectivity index (χ4n) is 4.29. The van der Waals surface area contributed by atoms with E-state index < -0.39 is 71.2 Å². The van der Waals surface area contributed by atoms with E-state index in [0.29, 0.717) is 18.6 Å². The number of anilines is 1. The second kappa shape index (κ2) is 11.6. The van der Waals surface area contributed by atoms with Gasteiger partial charge in [-0.05, 0) is 36.4 Å². The van der Waals surface area contributed by atoms with Crippen LogP contribution in [0.3, 0.4) is 0 Å². The Kier molecular flexibility index (Phi) is 8.51. The molecule has 0 aliphatic heterocycles. The number of aromatic amines is 1. The highest BCUT2D eigenvalue weighted by Crippen LogP contribution is 2.34. The number of rotatable bonds is 8. The van der Waals surface area contributed by atoms with Crippen molar-refractivity contribution in [3.63, 3.8) is 0 Å². The van der Waals surface area contributed by atoms with Crippen molar-refractivity contribution in [1.82, 2.24) is 24.7 Å². The topological polar surface area (TPSA) is 106 Å². The zero-order valence-electron chi connectivity index (χ0n) is 21.3. The molecule has 0 spiro atoms. The maximum atomic E-state index is 14.8. The van der Waals surface area contributed by atoms with E-state index in [9.17, 15) is 53.5 Å². The van der Waals surface area contributed by atoms with Crippen LogP contribution in [0.4, 0.5) is 49.6 Å². The number of aromatic nitrogens is 5. The normalized spacial score (nSPS) is 13.3. The van der Waals surface area contributed by atoms with Crippen molar-refractivity contribution in [3.8, 4) is 11.4 Å². The van der Waals surface area contributed by atoms with Crippen molar-refractivity contribution in [2.75, 3.05) is 5.32 Å². The molecule has 0 amide bonds. The predicted octanol–water partition coefficient (Wildman–Crippen LogP) is 5.93. The first-order chi connectivity index (χ1) is 19.9. The number of halogens is 10. The lowest BCUT2D eigenvalue weighted by Crippen LogP contribution is -2.31. The summed E-state index contributed by atoms with van der Waals surface area (Å²) < 4.78 is 134. The third kappa shape index (κ3) is 7.47. The minimum absolute atomic E-state index is 0.156. The summed E-state index contributed by atoms with van der Waals surface area (Å²) >= 11 is 0. The van der Waals surface area contributed by atoms with Gasteiger partial charge in [0.2, 0.25) is 0 Å². The van der Waals surface area contributed by atoms with Gasteiger partial charge in [0.05, 0.1) is 34.8 Å². The van der Waals surface area contributed by atoms with Crippen LogP contribution in [0.5, 0.6) is 0 Å². The van der Waals surface area contributed by atoms with Crippen LogP contribution < -0.4 is 16.4 Å². The molecule has 230 valence electrons. The molecule has 0 saturated carbocycles. The van der Waals surface area contributed by atoms with Crippen LogP contribution in [0.25, 0.3) is 22.2 Å². The standard InChI is InChI=1S/C25H18F10N6O2/c26-17-7-15-12(6-16(17)20-36-9-13(10-37-20)24(30,31)32)3-5-41(22(15)43)4-1-2-14(8-23(27,28)29)39-18-11-38-40-21(42)19(18)25(33,34)35/h3,5-7,9-11,14H,1-2,4,8H2,(H2,39,40,42)/t14-/m1/s1. The summed E-state index contributed by atoms with van der Waals surface area (Å²) in [7, 11) is 0. The van der Waals surface area contributed by atoms with Gasteiger partial charge in [-0.2, -0.15) is 44.6 Å². The van der Waals surface area contributed by atoms with Gasteiger partial charge in [-0.3, -0.25) is 9.59 Å². The average Bonchev–Trinajstić information content (AvgIpc) is 2.88. The minimum Gasteiger partial charge on any atom is -0.380 e. The third-order valence-corrected chi connectivity index (χ3v) is 6.21. The molecule has 0 radical (unpaired) electrons. The predicted molar refractivity (Wildman–Crippen MR) is 131 cm³/mol. The van der Waals surface area contributed by atoms with Gasteiger partial charge < -0.3 is 9.88 Å². The first-order valence-electron chi connectivity index (χ1n) is 12.1. The number of H-pyrrole nitrogens is 1. The monoisotopic (exact) mass is 624 g/mol. The highest BCUT2D eigenvalue weighted by Gasteiger charge is 2.39. The van der Waals surface area contributed by atoms with Crippen molar-refractivity contribution in [1.29, 1.82) is 0 Å². The molecule has 1 atom stereocenters. The summed E-state index contributed by atoms with van der Waals surface area (Å²) in [6, 6.07) is 1.68. The molecule has 3 aromatic heterocycles. The van der Waals surface area contributed by atoms with Crippen LogP contribution in [0, 0.1) is 5.82 Å². The molecule has 2 N–H and O–H groups in total. The molecule has 0 aliphatic rings. The van der Waals surface area contributed by atoms with Crippen molar-refractivity contribution in [2.45, 2.75) is 50.4 Å². The fourth-order valence-corrected chi connectivity index (χ4v) is 4.29. The highest BCUT2D eigenvalue weighted by molar-refractivity contribution is 5.86. The van der Waals surface area contributed by atoms with Gasteiger partial charge in [-0.1, -0.05) is 0 Å². The van der Waals surface area contributed by atoms with E-state index in [0.717, 1.165) is 16.7 Å². The van der Waals surface area contributed by atoms with Gasteiger partial charge in [0, 0.05) is 31.2 Å². The lowest BCUT2D eigenvalue weighted by Gasteiger charge is -2.23. The Hall–Kier alpha value is -4.51. The van der Waals surface area contributed by atoms with Gasteiger partial charge >= 0.3 is 18.5 Å². The summed E-state index contributed by atoms with van der Waals surface area (Å²) in [5.41, 5.74) is -6.53. The maximum absolute atomic E-state index is 14.8. The Morgan fingerprint density at radius 2 is 1.60 bits per heavy atom. The number of nitrogens with zero attached hydrogens (tertiary/aromatic N) is 4. The quantitative estimate of drug-likeness (QED) is 0.236. The zero-order valence-corrected chi connectivity index (χ0v) is 21.3. The van der Waals surface area contributed by atoms with Crippen molar-refractivity contribution < 1.29 is 43.9 Å². The lowest BCUT2D eigenvalue weighted by atomic mass is 10.1. The van der Waals surface area contributed by atoms with Gasteiger partial charge in [0.25, 0.3) is 11.1 Å². The molecule has 4 rings (SSSR count). The minimum atomic E-state index is -5.19. The molecule has 0 unspecified atom stereocenters. The van der Waals surface area contributed by atoms with Gasteiger partial charge in [-0.25, -0.2) is 19.5 Å². The molecule has 18 heteroatoms. The molecule has 4 aromatic rings. The Balaban J connectivity index is 1.54. The van der Waals surface area contributed by atoms with E-state index in [1.807, 2.05) is 0 Å². The molecule has 1 aromatic carbocycles. The van der Waals surface area contributed by atoms with E-state index in [4.69, 9.17) is 0 Å². The van der Waals surface area contributed by atoms with Gasteiger partial charge in [0.15, 0.2) is 5.82 Å². The SMILES string of the molecule is O=c1[nH]ncc(N[C@H](CCCn2ccc3cc(-c4ncc(C(F)(F)F)cn4)c(F)cc3c2=O)CC(F)(F)F)c1C(F)(F)F. The fraction of sp³-hybridized carbons (Fsp3) is 0.320. The van der Waals surface area contributed by atoms with E-state index in [1.165, 1.54) is 12.3 Å². The van der Waals surface area contributed by atoms with E-state index in [1.54, 1.807) is 5.10 Å². The average molecular weight is 624 g/mol. The second-order valence-corrected chi connectivity index (χ2v) is 9.32.